The minimum Gasteiger partial charge on any atom is -0.394 e. The number of likely N-dealkylation sites (tertiary alicyclic amines) is 1. The Labute approximate surface area is 217 Å². The Bertz CT molecular complexity index is 1160. The van der Waals surface area contributed by atoms with Gasteiger partial charge in [-0.25, -0.2) is 0 Å². The summed E-state index contributed by atoms with van der Waals surface area (Å²) in [6.45, 7) is 4.06. The van der Waals surface area contributed by atoms with Crippen LogP contribution in [0.2, 0.25) is 0 Å². The molecule has 0 aromatic heterocycles. The fraction of sp³-hybridized carbons (Fsp3) is 0.483. The number of aliphatic hydroxyl groups is 1. The van der Waals surface area contributed by atoms with Crippen LogP contribution in [0, 0.1) is 11.8 Å². The zero-order valence-corrected chi connectivity index (χ0v) is 21.4. The second-order valence-corrected chi connectivity index (χ2v) is 10.5. The third-order valence-corrected chi connectivity index (χ3v) is 8.51. The first-order valence-corrected chi connectivity index (χ1v) is 13.1. The third kappa shape index (κ3) is 4.12. The number of nitrogens with zero attached hydrogens (tertiary/aromatic N) is 1. The molecule has 3 saturated heterocycles. The number of nitrogens with one attached hydrogen (secondary N) is 2. The number of amides is 3. The molecule has 2 unspecified atom stereocenters. The Hall–Kier alpha value is -3.23. The molecule has 2 aromatic rings. The Kier molecular flexibility index (Phi) is 6.81. The van der Waals surface area contributed by atoms with Gasteiger partial charge in [-0.1, -0.05) is 67.6 Å². The van der Waals surface area contributed by atoms with Gasteiger partial charge in [-0.15, -0.1) is 0 Å². The predicted molar refractivity (Wildman–Crippen MR) is 137 cm³/mol. The molecule has 8 nitrogen and oxygen atoms in total. The van der Waals surface area contributed by atoms with Gasteiger partial charge in [-0.3, -0.25) is 14.4 Å². The number of hydrogen-bond acceptors (Lipinski definition) is 5. The molecule has 3 N–H and O–H groups in total. The molecule has 196 valence electrons. The number of aliphatic hydroxyl groups excluding tert-OH is 1. The van der Waals surface area contributed by atoms with Crippen LogP contribution in [0.5, 0.6) is 0 Å². The van der Waals surface area contributed by atoms with E-state index in [0.29, 0.717) is 32.4 Å². The van der Waals surface area contributed by atoms with E-state index in [0.717, 1.165) is 11.1 Å². The lowest BCUT2D eigenvalue weighted by Crippen LogP contribution is -2.57. The van der Waals surface area contributed by atoms with Crippen molar-refractivity contribution in [3.8, 4) is 0 Å². The molecule has 3 amide bonds. The molecular weight excluding hydrogens is 470 g/mol. The fourth-order valence-corrected chi connectivity index (χ4v) is 6.69. The van der Waals surface area contributed by atoms with Crippen LogP contribution in [0.15, 0.2) is 60.7 Å². The van der Waals surface area contributed by atoms with Crippen molar-refractivity contribution in [3.05, 3.63) is 71.8 Å². The van der Waals surface area contributed by atoms with Gasteiger partial charge in [0.2, 0.25) is 17.7 Å². The molecule has 3 aliphatic rings. The summed E-state index contributed by atoms with van der Waals surface area (Å²) in [6.07, 6.45) is 1.67. The summed E-state index contributed by atoms with van der Waals surface area (Å²) in [5.74, 6) is -2.33. The lowest BCUT2D eigenvalue weighted by Gasteiger charge is -2.36. The molecule has 3 heterocycles. The standard InChI is InChI=1S/C29H35N3O5/c1-3-28-14-15-29(37-28)23(22(28)25(34)30-16-20-10-6-4-7-11-20)27(36)32(19(2)18-33)24(29)26(35)31-17-21-12-8-5-9-13-21/h4-13,19,22-24,33H,3,14-18H2,1-2H3,(H,30,34)(H,31,35)/t19-,22-,23+,24?,28+,29?/m1/s1. The van der Waals surface area contributed by atoms with E-state index in [2.05, 4.69) is 10.6 Å². The van der Waals surface area contributed by atoms with Gasteiger partial charge in [-0.2, -0.15) is 0 Å². The van der Waals surface area contributed by atoms with Gasteiger partial charge in [0.25, 0.3) is 0 Å². The zero-order chi connectivity index (χ0) is 26.2. The highest BCUT2D eigenvalue weighted by atomic mass is 16.5. The molecule has 37 heavy (non-hydrogen) atoms. The summed E-state index contributed by atoms with van der Waals surface area (Å²) in [4.78, 5) is 42.9. The average Bonchev–Trinajstić information content (AvgIpc) is 3.54. The van der Waals surface area contributed by atoms with E-state index in [1.165, 1.54) is 4.90 Å². The molecule has 1 spiro atoms. The number of benzene rings is 2. The number of carbonyl (C=O) groups is 3. The molecule has 2 bridgehead atoms. The lowest BCUT2D eigenvalue weighted by atomic mass is 9.65. The maximum absolute atomic E-state index is 14.0. The van der Waals surface area contributed by atoms with Gasteiger partial charge < -0.3 is 25.4 Å². The lowest BCUT2D eigenvalue weighted by molar-refractivity contribution is -0.150. The van der Waals surface area contributed by atoms with Crippen LogP contribution in [0.1, 0.15) is 44.2 Å². The summed E-state index contributed by atoms with van der Waals surface area (Å²) in [6, 6.07) is 17.7. The largest absolute Gasteiger partial charge is 0.394 e. The van der Waals surface area contributed by atoms with E-state index in [1.54, 1.807) is 6.92 Å². The molecular formula is C29H35N3O5. The Balaban J connectivity index is 1.45. The summed E-state index contributed by atoms with van der Waals surface area (Å²) < 4.78 is 6.72. The second kappa shape index (κ2) is 9.91. The van der Waals surface area contributed by atoms with E-state index in [4.69, 9.17) is 4.74 Å². The molecule has 8 heteroatoms. The molecule has 0 radical (unpaired) electrons. The smallest absolute Gasteiger partial charge is 0.246 e. The van der Waals surface area contributed by atoms with Gasteiger partial charge in [0.1, 0.15) is 11.6 Å². The minimum atomic E-state index is -1.11. The third-order valence-electron chi connectivity index (χ3n) is 8.51. The Morgan fingerprint density at radius 2 is 1.57 bits per heavy atom. The van der Waals surface area contributed by atoms with E-state index in [9.17, 15) is 19.5 Å². The van der Waals surface area contributed by atoms with Crippen molar-refractivity contribution in [1.82, 2.24) is 15.5 Å². The molecule has 3 aliphatic heterocycles. The first kappa shape index (κ1) is 25.4. The van der Waals surface area contributed by atoms with E-state index in [-0.39, 0.29) is 24.3 Å². The summed E-state index contributed by atoms with van der Waals surface area (Å²) in [7, 11) is 0. The molecule has 3 fully saturated rings. The zero-order valence-electron chi connectivity index (χ0n) is 21.4. The highest BCUT2D eigenvalue weighted by Gasteiger charge is 2.78. The maximum Gasteiger partial charge on any atom is 0.246 e. The second-order valence-electron chi connectivity index (χ2n) is 10.5. The molecule has 5 rings (SSSR count). The number of fused-ring (bicyclic) bond motifs is 1. The van der Waals surface area contributed by atoms with Crippen molar-refractivity contribution >= 4 is 17.7 Å². The number of rotatable bonds is 9. The van der Waals surface area contributed by atoms with Crippen LogP contribution in [-0.4, -0.2) is 57.6 Å². The van der Waals surface area contributed by atoms with E-state index >= 15 is 0 Å². The van der Waals surface area contributed by atoms with Gasteiger partial charge in [0.05, 0.1) is 30.1 Å². The first-order valence-electron chi connectivity index (χ1n) is 13.1. The van der Waals surface area contributed by atoms with Gasteiger partial charge in [0.15, 0.2) is 0 Å². The average molecular weight is 506 g/mol. The van der Waals surface area contributed by atoms with Crippen LogP contribution in [-0.2, 0) is 32.2 Å². The minimum absolute atomic E-state index is 0.229. The summed E-state index contributed by atoms with van der Waals surface area (Å²) >= 11 is 0. The van der Waals surface area contributed by atoms with Crippen molar-refractivity contribution in [2.24, 2.45) is 11.8 Å². The van der Waals surface area contributed by atoms with Gasteiger partial charge >= 0.3 is 0 Å². The SMILES string of the molecule is CC[C@@]12CCC3(O1)C(C(=O)NCc1ccccc1)N([C@H](C)CO)C(=O)[C@@H]3[C@@H]2C(=O)NCc1ccccc1. The summed E-state index contributed by atoms with van der Waals surface area (Å²) in [5.41, 5.74) is 0.00191. The normalized spacial score (nSPS) is 30.7. The molecule has 0 aliphatic carbocycles. The monoisotopic (exact) mass is 505 g/mol. The van der Waals surface area contributed by atoms with Gasteiger partial charge in [-0.05, 0) is 37.3 Å². The number of carbonyl (C=O) groups excluding carboxylic acids is 3. The van der Waals surface area contributed by atoms with Crippen molar-refractivity contribution in [1.29, 1.82) is 0 Å². The Morgan fingerprint density at radius 1 is 1.00 bits per heavy atom. The van der Waals surface area contributed by atoms with Crippen LogP contribution in [0.4, 0.5) is 0 Å². The van der Waals surface area contributed by atoms with E-state index < -0.39 is 35.1 Å². The van der Waals surface area contributed by atoms with Crippen LogP contribution >= 0.6 is 0 Å². The topological polar surface area (TPSA) is 108 Å². The number of hydrogen-bond donors (Lipinski definition) is 3. The van der Waals surface area contributed by atoms with E-state index in [1.807, 2.05) is 67.6 Å². The van der Waals surface area contributed by atoms with Gasteiger partial charge in [0, 0.05) is 13.1 Å². The maximum atomic E-state index is 14.0. The van der Waals surface area contributed by atoms with Crippen LogP contribution < -0.4 is 10.6 Å². The molecule has 6 atom stereocenters. The molecule has 2 aromatic carbocycles. The highest BCUT2D eigenvalue weighted by Crippen LogP contribution is 2.64. The quantitative estimate of drug-likeness (QED) is 0.484. The number of ether oxygens (including phenoxy) is 1. The first-order chi connectivity index (χ1) is 17.9. The molecule has 0 saturated carbocycles. The van der Waals surface area contributed by atoms with Crippen LogP contribution in [0.25, 0.3) is 0 Å². The fourth-order valence-electron chi connectivity index (χ4n) is 6.69. The Morgan fingerprint density at radius 3 is 2.11 bits per heavy atom. The van der Waals surface area contributed by atoms with Crippen molar-refractivity contribution in [3.63, 3.8) is 0 Å². The summed E-state index contributed by atoms with van der Waals surface area (Å²) in [5, 5.41) is 16.0. The van der Waals surface area contributed by atoms with Crippen molar-refractivity contribution < 1.29 is 24.2 Å². The van der Waals surface area contributed by atoms with Crippen molar-refractivity contribution in [2.45, 2.75) is 69.5 Å². The van der Waals surface area contributed by atoms with Crippen LogP contribution in [0.3, 0.4) is 0 Å². The predicted octanol–water partition coefficient (Wildman–Crippen LogP) is 2.15. The van der Waals surface area contributed by atoms with Crippen molar-refractivity contribution in [2.75, 3.05) is 6.61 Å². The highest BCUT2D eigenvalue weighted by molar-refractivity contribution is 5.99.